The van der Waals surface area contributed by atoms with E-state index in [9.17, 15) is 4.79 Å². The lowest BCUT2D eigenvalue weighted by atomic mass is 9.97. The van der Waals surface area contributed by atoms with E-state index in [-0.39, 0.29) is 6.42 Å². The van der Waals surface area contributed by atoms with Crippen LogP contribution in [0.25, 0.3) is 0 Å². The van der Waals surface area contributed by atoms with Crippen LogP contribution in [0.4, 0.5) is 0 Å². The van der Waals surface area contributed by atoms with E-state index in [0.29, 0.717) is 18.5 Å². The largest absolute Gasteiger partial charge is 0.481 e. The SMILES string of the molecule is CC(C)C(Cc1ccc[nH]1)N(C)CCC(=O)O. The van der Waals surface area contributed by atoms with E-state index in [2.05, 4.69) is 29.8 Å². The molecule has 0 aromatic carbocycles. The number of nitrogens with zero attached hydrogens (tertiary/aromatic N) is 1. The van der Waals surface area contributed by atoms with E-state index >= 15 is 0 Å². The van der Waals surface area contributed by atoms with Crippen LogP contribution in [0.2, 0.25) is 0 Å². The number of hydrogen-bond donors (Lipinski definition) is 2. The van der Waals surface area contributed by atoms with Gasteiger partial charge in [0, 0.05) is 30.9 Å². The average molecular weight is 238 g/mol. The smallest absolute Gasteiger partial charge is 0.304 e. The van der Waals surface area contributed by atoms with Gasteiger partial charge in [-0.1, -0.05) is 13.8 Å². The van der Waals surface area contributed by atoms with Crippen LogP contribution in [-0.2, 0) is 11.2 Å². The zero-order valence-corrected chi connectivity index (χ0v) is 10.8. The van der Waals surface area contributed by atoms with Crippen molar-refractivity contribution in [1.29, 1.82) is 0 Å². The van der Waals surface area contributed by atoms with E-state index in [0.717, 1.165) is 6.42 Å². The van der Waals surface area contributed by atoms with Gasteiger partial charge in [0.2, 0.25) is 0 Å². The molecule has 1 atom stereocenters. The molecule has 1 aromatic rings. The lowest BCUT2D eigenvalue weighted by molar-refractivity contribution is -0.137. The Labute approximate surface area is 103 Å². The van der Waals surface area contributed by atoms with Crippen LogP contribution in [0.15, 0.2) is 18.3 Å². The summed E-state index contributed by atoms with van der Waals surface area (Å²) in [6.07, 6.45) is 3.05. The van der Waals surface area contributed by atoms with Crippen LogP contribution in [0.5, 0.6) is 0 Å². The molecule has 0 saturated carbocycles. The first kappa shape index (κ1) is 13.8. The number of carboxylic acids is 1. The molecule has 4 heteroatoms. The molecule has 0 spiro atoms. The molecule has 1 aromatic heterocycles. The first-order valence-electron chi connectivity index (χ1n) is 6.05. The fourth-order valence-corrected chi connectivity index (χ4v) is 2.06. The highest BCUT2D eigenvalue weighted by atomic mass is 16.4. The molecular weight excluding hydrogens is 216 g/mol. The van der Waals surface area contributed by atoms with Crippen molar-refractivity contribution in [3.8, 4) is 0 Å². The van der Waals surface area contributed by atoms with Gasteiger partial charge in [-0.2, -0.15) is 0 Å². The first-order valence-corrected chi connectivity index (χ1v) is 6.05. The topological polar surface area (TPSA) is 56.3 Å². The van der Waals surface area contributed by atoms with Gasteiger partial charge in [-0.25, -0.2) is 0 Å². The van der Waals surface area contributed by atoms with Crippen molar-refractivity contribution in [3.63, 3.8) is 0 Å². The van der Waals surface area contributed by atoms with Crippen molar-refractivity contribution >= 4 is 5.97 Å². The minimum absolute atomic E-state index is 0.199. The summed E-state index contributed by atoms with van der Waals surface area (Å²) in [5.74, 6) is -0.240. The number of likely N-dealkylation sites (N-methyl/N-ethyl adjacent to an activating group) is 1. The highest BCUT2D eigenvalue weighted by Crippen LogP contribution is 2.14. The summed E-state index contributed by atoms with van der Waals surface area (Å²) in [6.45, 7) is 4.94. The molecule has 96 valence electrons. The Bertz CT molecular complexity index is 333. The number of carbonyl (C=O) groups is 1. The first-order chi connectivity index (χ1) is 8.00. The standard InChI is InChI=1S/C13H22N2O2/c1-10(2)12(9-11-5-4-7-14-11)15(3)8-6-13(16)17/h4-5,7,10,12,14H,6,8-9H2,1-3H3,(H,16,17). The number of H-pyrrole nitrogens is 1. The normalized spacial score (nSPS) is 13.2. The molecule has 0 amide bonds. The number of aromatic nitrogens is 1. The summed E-state index contributed by atoms with van der Waals surface area (Å²) in [4.78, 5) is 15.9. The molecule has 0 fully saturated rings. The molecule has 0 aliphatic carbocycles. The molecule has 0 radical (unpaired) electrons. The molecule has 17 heavy (non-hydrogen) atoms. The Morgan fingerprint density at radius 1 is 1.53 bits per heavy atom. The number of rotatable bonds is 7. The lowest BCUT2D eigenvalue weighted by Crippen LogP contribution is -2.39. The predicted molar refractivity (Wildman–Crippen MR) is 68.0 cm³/mol. The minimum atomic E-state index is -0.737. The van der Waals surface area contributed by atoms with E-state index < -0.39 is 5.97 Å². The maximum absolute atomic E-state index is 10.6. The Morgan fingerprint density at radius 2 is 2.24 bits per heavy atom. The molecule has 1 heterocycles. The molecule has 1 rings (SSSR count). The summed E-state index contributed by atoms with van der Waals surface area (Å²) in [6, 6.07) is 4.43. The van der Waals surface area contributed by atoms with Gasteiger partial charge in [-0.15, -0.1) is 0 Å². The molecule has 1 unspecified atom stereocenters. The number of hydrogen-bond acceptors (Lipinski definition) is 2. The zero-order chi connectivity index (χ0) is 12.8. The van der Waals surface area contributed by atoms with Crippen LogP contribution in [-0.4, -0.2) is 40.6 Å². The maximum Gasteiger partial charge on any atom is 0.304 e. The van der Waals surface area contributed by atoms with Crippen molar-refractivity contribution in [3.05, 3.63) is 24.0 Å². The second-order valence-corrected chi connectivity index (χ2v) is 4.84. The van der Waals surface area contributed by atoms with Crippen molar-refractivity contribution in [2.75, 3.05) is 13.6 Å². The fourth-order valence-electron chi connectivity index (χ4n) is 2.06. The molecule has 4 nitrogen and oxygen atoms in total. The Kier molecular flexibility index (Phi) is 5.22. The third kappa shape index (κ3) is 4.61. The highest BCUT2D eigenvalue weighted by molar-refractivity contribution is 5.66. The molecule has 0 bridgehead atoms. The monoisotopic (exact) mass is 238 g/mol. The Hall–Kier alpha value is -1.29. The van der Waals surface area contributed by atoms with Gasteiger partial charge >= 0.3 is 5.97 Å². The quantitative estimate of drug-likeness (QED) is 0.763. The molecule has 0 aliphatic rings. The van der Waals surface area contributed by atoms with Gasteiger partial charge in [0.25, 0.3) is 0 Å². The molecular formula is C13H22N2O2. The minimum Gasteiger partial charge on any atom is -0.481 e. The molecule has 0 aliphatic heterocycles. The predicted octanol–water partition coefficient (Wildman–Crippen LogP) is 1.99. The van der Waals surface area contributed by atoms with Crippen LogP contribution < -0.4 is 0 Å². The van der Waals surface area contributed by atoms with Crippen molar-refractivity contribution in [2.45, 2.75) is 32.7 Å². The highest BCUT2D eigenvalue weighted by Gasteiger charge is 2.19. The maximum atomic E-state index is 10.6. The summed E-state index contributed by atoms with van der Waals surface area (Å²) < 4.78 is 0. The van der Waals surface area contributed by atoms with E-state index in [1.54, 1.807) is 0 Å². The van der Waals surface area contributed by atoms with Gasteiger partial charge < -0.3 is 15.0 Å². The van der Waals surface area contributed by atoms with E-state index in [4.69, 9.17) is 5.11 Å². The van der Waals surface area contributed by atoms with Gasteiger partial charge in [-0.3, -0.25) is 4.79 Å². The third-order valence-corrected chi connectivity index (χ3v) is 3.11. The van der Waals surface area contributed by atoms with Gasteiger partial charge in [0.05, 0.1) is 6.42 Å². The number of nitrogens with one attached hydrogen (secondary N) is 1. The Morgan fingerprint density at radius 3 is 2.71 bits per heavy atom. The van der Waals surface area contributed by atoms with Crippen molar-refractivity contribution in [2.24, 2.45) is 5.92 Å². The second-order valence-electron chi connectivity index (χ2n) is 4.84. The van der Waals surface area contributed by atoms with Crippen LogP contribution in [0.3, 0.4) is 0 Å². The lowest BCUT2D eigenvalue weighted by Gasteiger charge is -2.30. The summed E-state index contributed by atoms with van der Waals surface area (Å²) in [5.41, 5.74) is 1.20. The number of aliphatic carboxylic acids is 1. The summed E-state index contributed by atoms with van der Waals surface area (Å²) in [5, 5.41) is 8.71. The van der Waals surface area contributed by atoms with Gasteiger partial charge in [-0.05, 0) is 25.1 Å². The van der Waals surface area contributed by atoms with Crippen molar-refractivity contribution < 1.29 is 9.90 Å². The second kappa shape index (κ2) is 6.45. The van der Waals surface area contributed by atoms with Crippen molar-refractivity contribution in [1.82, 2.24) is 9.88 Å². The van der Waals surface area contributed by atoms with E-state index in [1.165, 1.54) is 5.69 Å². The van der Waals surface area contributed by atoms with Gasteiger partial charge in [0.15, 0.2) is 0 Å². The van der Waals surface area contributed by atoms with E-state index in [1.807, 2.05) is 19.3 Å². The number of aromatic amines is 1. The summed E-state index contributed by atoms with van der Waals surface area (Å²) >= 11 is 0. The van der Waals surface area contributed by atoms with Gasteiger partial charge in [0.1, 0.15) is 0 Å². The zero-order valence-electron chi connectivity index (χ0n) is 10.8. The van der Waals surface area contributed by atoms with Crippen LogP contribution in [0, 0.1) is 5.92 Å². The average Bonchev–Trinajstić information content (AvgIpc) is 2.74. The number of carboxylic acid groups (broad SMARTS) is 1. The fraction of sp³-hybridized carbons (Fsp3) is 0.615. The van der Waals surface area contributed by atoms with Crippen LogP contribution in [0.1, 0.15) is 26.0 Å². The third-order valence-electron chi connectivity index (χ3n) is 3.11. The molecule has 2 N–H and O–H groups in total. The molecule has 0 saturated heterocycles. The van der Waals surface area contributed by atoms with Crippen LogP contribution >= 0.6 is 0 Å². The summed E-state index contributed by atoms with van der Waals surface area (Å²) in [7, 11) is 2.00. The Balaban J connectivity index is 2.55.